The fraction of sp³-hybridized carbons (Fsp3) is 0.455. The van der Waals surface area contributed by atoms with Gasteiger partial charge in [-0.25, -0.2) is 4.79 Å². The van der Waals surface area contributed by atoms with E-state index in [1.54, 1.807) is 23.1 Å². The van der Waals surface area contributed by atoms with Gasteiger partial charge in [0.2, 0.25) is 5.91 Å². The second-order valence-electron chi connectivity index (χ2n) is 6.83. The molecular formula is C22H27NO4S. The van der Waals surface area contributed by atoms with Crippen LogP contribution in [0.25, 0.3) is 6.08 Å². The zero-order chi connectivity index (χ0) is 20.5. The van der Waals surface area contributed by atoms with Crippen LogP contribution in [0.4, 0.5) is 0 Å². The normalized spacial score (nSPS) is 19.2. The first-order valence-electron chi connectivity index (χ1n) is 9.53. The maximum Gasteiger partial charge on any atom is 0.345 e. The van der Waals surface area contributed by atoms with E-state index in [9.17, 15) is 14.7 Å². The number of carboxylic acid groups (broad SMARTS) is 1. The third kappa shape index (κ3) is 6.36. The molecule has 28 heavy (non-hydrogen) atoms. The van der Waals surface area contributed by atoms with Crippen molar-refractivity contribution in [2.45, 2.75) is 51.7 Å². The van der Waals surface area contributed by atoms with Crippen molar-refractivity contribution in [3.63, 3.8) is 0 Å². The monoisotopic (exact) mass is 401 g/mol. The highest BCUT2D eigenvalue weighted by Gasteiger charge is 2.28. The van der Waals surface area contributed by atoms with Crippen molar-refractivity contribution in [2.24, 2.45) is 5.92 Å². The Morgan fingerprint density at radius 2 is 2.21 bits per heavy atom. The van der Waals surface area contributed by atoms with Crippen LogP contribution in [0.15, 0.2) is 30.4 Å². The van der Waals surface area contributed by atoms with Gasteiger partial charge in [-0.15, -0.1) is 23.2 Å². The first-order chi connectivity index (χ1) is 13.4. The van der Waals surface area contributed by atoms with Gasteiger partial charge in [-0.05, 0) is 30.5 Å². The van der Waals surface area contributed by atoms with Gasteiger partial charge in [0.05, 0.1) is 12.1 Å². The first kappa shape index (κ1) is 21.9. The Kier molecular flexibility index (Phi) is 8.49. The Balaban J connectivity index is 1.92. The molecule has 1 unspecified atom stereocenters. The molecule has 5 nitrogen and oxygen atoms in total. The molecule has 3 atom stereocenters. The number of carbonyl (C=O) groups excluding carboxylic acids is 1. The number of carboxylic acids is 1. The first-order valence-corrected chi connectivity index (χ1v) is 10.3. The van der Waals surface area contributed by atoms with Crippen LogP contribution in [0.3, 0.4) is 0 Å². The van der Waals surface area contributed by atoms with Gasteiger partial charge in [-0.3, -0.25) is 4.79 Å². The lowest BCUT2D eigenvalue weighted by Gasteiger charge is -2.21. The maximum absolute atomic E-state index is 12.2. The minimum absolute atomic E-state index is 0.0290. The van der Waals surface area contributed by atoms with Gasteiger partial charge in [0, 0.05) is 30.7 Å². The fourth-order valence-corrected chi connectivity index (χ4v) is 3.72. The summed E-state index contributed by atoms with van der Waals surface area (Å²) in [6.07, 6.45) is 9.52. The Bertz CT molecular complexity index is 799. The number of hydrogen-bond acceptors (Lipinski definition) is 4. The van der Waals surface area contributed by atoms with Gasteiger partial charge in [-0.1, -0.05) is 32.1 Å². The smallest absolute Gasteiger partial charge is 0.345 e. The molecule has 0 spiro atoms. The summed E-state index contributed by atoms with van der Waals surface area (Å²) in [6.45, 7) is 4.42. The Morgan fingerprint density at radius 3 is 2.89 bits per heavy atom. The lowest BCUT2D eigenvalue weighted by atomic mass is 10.00. The number of likely N-dealkylation sites (tertiary alicyclic amines) is 1. The van der Waals surface area contributed by atoms with Gasteiger partial charge >= 0.3 is 5.97 Å². The average molecular weight is 402 g/mol. The molecule has 0 aromatic carbocycles. The van der Waals surface area contributed by atoms with E-state index in [2.05, 4.69) is 11.8 Å². The minimum Gasteiger partial charge on any atom is -0.477 e. The van der Waals surface area contributed by atoms with Crippen molar-refractivity contribution < 1.29 is 19.8 Å². The van der Waals surface area contributed by atoms with E-state index < -0.39 is 12.1 Å². The molecule has 1 aliphatic heterocycles. The highest BCUT2D eigenvalue weighted by atomic mass is 32.1. The maximum atomic E-state index is 12.2. The molecule has 0 bridgehead atoms. The predicted molar refractivity (Wildman–Crippen MR) is 112 cm³/mol. The number of nitrogens with zero attached hydrogens (tertiary/aromatic N) is 1. The van der Waals surface area contributed by atoms with Crippen molar-refractivity contribution in [2.75, 3.05) is 6.54 Å². The Labute approximate surface area is 170 Å². The van der Waals surface area contributed by atoms with E-state index in [4.69, 9.17) is 5.11 Å². The van der Waals surface area contributed by atoms with Crippen LogP contribution in [0, 0.1) is 17.8 Å². The van der Waals surface area contributed by atoms with Crippen LogP contribution >= 0.6 is 11.3 Å². The molecule has 2 rings (SSSR count). The molecule has 6 heteroatoms. The SMILES string of the molecule is CCC#CCC(C)[C@@H](O)/C=C/[C@H]1CCC(=O)N1C/C=C\c1ccc(C(=O)O)s1. The topological polar surface area (TPSA) is 77.8 Å². The zero-order valence-electron chi connectivity index (χ0n) is 16.3. The van der Waals surface area contributed by atoms with Gasteiger partial charge in [0.1, 0.15) is 4.88 Å². The van der Waals surface area contributed by atoms with Gasteiger partial charge in [0.25, 0.3) is 0 Å². The van der Waals surface area contributed by atoms with Crippen molar-refractivity contribution in [3.8, 4) is 11.8 Å². The molecule has 2 heterocycles. The summed E-state index contributed by atoms with van der Waals surface area (Å²) in [6, 6.07) is 3.30. The number of carbonyl (C=O) groups is 2. The lowest BCUT2D eigenvalue weighted by Crippen LogP contribution is -2.32. The number of rotatable bonds is 8. The van der Waals surface area contributed by atoms with Crippen LogP contribution in [-0.2, 0) is 4.79 Å². The Morgan fingerprint density at radius 1 is 1.43 bits per heavy atom. The molecular weight excluding hydrogens is 374 g/mol. The predicted octanol–water partition coefficient (Wildman–Crippen LogP) is 3.81. The molecule has 1 aromatic heterocycles. The number of hydrogen-bond donors (Lipinski definition) is 2. The van der Waals surface area contributed by atoms with Crippen LogP contribution in [0.5, 0.6) is 0 Å². The van der Waals surface area contributed by atoms with E-state index in [0.717, 1.165) is 17.7 Å². The van der Waals surface area contributed by atoms with Crippen molar-refractivity contribution in [1.29, 1.82) is 0 Å². The van der Waals surface area contributed by atoms with E-state index >= 15 is 0 Å². The largest absolute Gasteiger partial charge is 0.477 e. The fourth-order valence-electron chi connectivity index (χ4n) is 2.94. The van der Waals surface area contributed by atoms with E-state index in [0.29, 0.717) is 24.3 Å². The number of amides is 1. The molecule has 1 fully saturated rings. The molecule has 1 amide bonds. The van der Waals surface area contributed by atoms with Gasteiger partial charge in [-0.2, -0.15) is 0 Å². The summed E-state index contributed by atoms with van der Waals surface area (Å²) in [4.78, 5) is 26.0. The number of aromatic carboxylic acids is 1. The molecule has 1 aromatic rings. The molecule has 1 saturated heterocycles. The lowest BCUT2D eigenvalue weighted by molar-refractivity contribution is -0.127. The van der Waals surface area contributed by atoms with Crippen LogP contribution in [0.1, 0.15) is 54.1 Å². The molecule has 0 saturated carbocycles. The summed E-state index contributed by atoms with van der Waals surface area (Å²) >= 11 is 1.20. The highest BCUT2D eigenvalue weighted by Crippen LogP contribution is 2.22. The summed E-state index contributed by atoms with van der Waals surface area (Å²) in [5, 5.41) is 19.2. The minimum atomic E-state index is -0.932. The second kappa shape index (κ2) is 10.8. The number of thiophene rings is 1. The third-order valence-corrected chi connectivity index (χ3v) is 5.67. The standard InChI is InChI=1S/C22H27NO4S/c1-3-4-5-7-16(2)19(24)12-9-17-10-14-21(25)23(17)15-6-8-18-11-13-20(28-18)22(26)27/h6,8-9,11-13,16-17,19,24H,3,7,10,14-15H2,1-2H3,(H,26,27)/b8-6-,12-9+/t16?,17-,19-/m0/s1. The molecule has 1 aliphatic rings. The molecule has 2 N–H and O–H groups in total. The summed E-state index contributed by atoms with van der Waals surface area (Å²) in [5.41, 5.74) is 0. The summed E-state index contributed by atoms with van der Waals surface area (Å²) in [5.74, 6) is 5.27. The van der Waals surface area contributed by atoms with E-state index in [-0.39, 0.29) is 17.9 Å². The molecule has 0 aliphatic carbocycles. The average Bonchev–Trinajstić information content (AvgIpc) is 3.27. The highest BCUT2D eigenvalue weighted by molar-refractivity contribution is 7.14. The van der Waals surface area contributed by atoms with Crippen molar-refractivity contribution >= 4 is 29.3 Å². The third-order valence-electron chi connectivity index (χ3n) is 4.64. The summed E-state index contributed by atoms with van der Waals surface area (Å²) in [7, 11) is 0. The number of aliphatic hydroxyl groups is 1. The summed E-state index contributed by atoms with van der Waals surface area (Å²) < 4.78 is 0. The van der Waals surface area contributed by atoms with Crippen LogP contribution in [-0.4, -0.2) is 45.7 Å². The quantitative estimate of drug-likeness (QED) is 0.513. The second-order valence-corrected chi connectivity index (χ2v) is 7.94. The van der Waals surface area contributed by atoms with Gasteiger partial charge in [0.15, 0.2) is 0 Å². The number of aliphatic hydroxyl groups excluding tert-OH is 1. The zero-order valence-corrected chi connectivity index (χ0v) is 17.1. The molecule has 150 valence electrons. The van der Waals surface area contributed by atoms with Crippen LogP contribution in [0.2, 0.25) is 0 Å². The Hall–Kier alpha value is -2.36. The molecule has 0 radical (unpaired) electrons. The van der Waals surface area contributed by atoms with Crippen LogP contribution < -0.4 is 0 Å². The van der Waals surface area contributed by atoms with Crippen molar-refractivity contribution in [1.82, 2.24) is 4.90 Å². The van der Waals surface area contributed by atoms with E-state index in [1.807, 2.05) is 32.1 Å². The van der Waals surface area contributed by atoms with Gasteiger partial charge < -0.3 is 15.1 Å². The van der Waals surface area contributed by atoms with E-state index in [1.165, 1.54) is 11.3 Å². The van der Waals surface area contributed by atoms with Crippen molar-refractivity contribution in [3.05, 3.63) is 40.1 Å².